The number of pyridine rings is 1. The fourth-order valence-corrected chi connectivity index (χ4v) is 5.51. The molecular formula is C28H21ClN2O3S. The second-order valence-corrected chi connectivity index (χ2v) is 9.57. The minimum Gasteiger partial charge on any atom is -0.481 e. The Morgan fingerprint density at radius 1 is 1.03 bits per heavy atom. The molecule has 0 fully saturated rings. The standard InChI is InChI=1S/C28H21ClN2O3S/c1-16-13-23-26(25(22(16)15-24(32)33)17-8-10-20(29)11-9-17)35-28(31-23)19-6-3-5-18(14-19)21-7-4-12-30-27(21)34-2/h3-14H,15H2,1-2H3,(H,32,33). The number of carboxylic acid groups (broad SMARTS) is 1. The van der Waals surface area contributed by atoms with Gasteiger partial charge in [-0.05, 0) is 65.6 Å². The Labute approximate surface area is 211 Å². The van der Waals surface area contributed by atoms with Gasteiger partial charge < -0.3 is 9.84 Å². The number of aryl methyl sites for hydroxylation is 1. The van der Waals surface area contributed by atoms with Crippen molar-refractivity contribution in [3.05, 3.63) is 89.1 Å². The molecule has 0 saturated carbocycles. The number of carboxylic acids is 1. The third-order valence-electron chi connectivity index (χ3n) is 5.86. The predicted octanol–water partition coefficient (Wildman–Crippen LogP) is 7.29. The average molecular weight is 501 g/mol. The lowest BCUT2D eigenvalue weighted by atomic mass is 9.93. The number of fused-ring (bicyclic) bond motifs is 1. The molecule has 7 heteroatoms. The van der Waals surface area contributed by atoms with Gasteiger partial charge in [-0.15, -0.1) is 11.3 Å². The van der Waals surface area contributed by atoms with Crippen LogP contribution in [0.2, 0.25) is 5.02 Å². The smallest absolute Gasteiger partial charge is 0.307 e. The summed E-state index contributed by atoms with van der Waals surface area (Å²) in [5, 5.41) is 11.1. The number of halogens is 1. The van der Waals surface area contributed by atoms with Gasteiger partial charge >= 0.3 is 5.97 Å². The Bertz CT molecular complexity index is 1560. The van der Waals surface area contributed by atoms with Gasteiger partial charge in [0, 0.05) is 27.9 Å². The third kappa shape index (κ3) is 4.50. The third-order valence-corrected chi connectivity index (χ3v) is 7.25. The topological polar surface area (TPSA) is 72.3 Å². The van der Waals surface area contributed by atoms with Gasteiger partial charge in [-0.25, -0.2) is 9.97 Å². The normalized spacial score (nSPS) is 11.1. The first kappa shape index (κ1) is 23.0. The van der Waals surface area contributed by atoms with Gasteiger partial charge in [0.05, 0.1) is 23.7 Å². The molecule has 0 unspecified atom stereocenters. The zero-order valence-corrected chi connectivity index (χ0v) is 20.7. The number of methoxy groups -OCH3 is 1. The number of aromatic nitrogens is 2. The minimum atomic E-state index is -0.870. The number of aliphatic carboxylic acids is 1. The minimum absolute atomic E-state index is 0.0662. The number of thiazole rings is 1. The van der Waals surface area contributed by atoms with E-state index in [1.165, 1.54) is 0 Å². The van der Waals surface area contributed by atoms with Crippen molar-refractivity contribution in [3.8, 4) is 38.7 Å². The van der Waals surface area contributed by atoms with Crippen LogP contribution in [0.25, 0.3) is 43.0 Å². The van der Waals surface area contributed by atoms with Gasteiger partial charge in [0.15, 0.2) is 0 Å². The maximum absolute atomic E-state index is 11.7. The first-order chi connectivity index (χ1) is 16.9. The molecule has 3 aromatic carbocycles. The van der Waals surface area contributed by atoms with Crippen LogP contribution in [0.15, 0.2) is 72.9 Å². The molecule has 0 bridgehead atoms. The molecule has 35 heavy (non-hydrogen) atoms. The molecule has 5 rings (SSSR count). The second kappa shape index (κ2) is 9.49. The molecule has 0 aliphatic carbocycles. The van der Waals surface area contributed by atoms with Crippen LogP contribution in [0.4, 0.5) is 0 Å². The van der Waals surface area contributed by atoms with Crippen LogP contribution >= 0.6 is 22.9 Å². The molecule has 0 radical (unpaired) electrons. The van der Waals surface area contributed by atoms with Crippen LogP contribution in [0, 0.1) is 6.92 Å². The number of benzene rings is 3. The molecule has 1 N–H and O–H groups in total. The summed E-state index contributed by atoms with van der Waals surface area (Å²) in [4.78, 5) is 21.0. The van der Waals surface area contributed by atoms with Crippen molar-refractivity contribution in [1.29, 1.82) is 0 Å². The lowest BCUT2D eigenvalue weighted by molar-refractivity contribution is -0.136. The van der Waals surface area contributed by atoms with Crippen LogP contribution in [-0.2, 0) is 11.2 Å². The monoisotopic (exact) mass is 500 g/mol. The van der Waals surface area contributed by atoms with Gasteiger partial charge in [-0.2, -0.15) is 0 Å². The van der Waals surface area contributed by atoms with E-state index in [9.17, 15) is 9.90 Å². The summed E-state index contributed by atoms with van der Waals surface area (Å²) in [6, 6.07) is 21.4. The van der Waals surface area contributed by atoms with Crippen molar-refractivity contribution in [1.82, 2.24) is 9.97 Å². The fourth-order valence-electron chi connectivity index (χ4n) is 4.25. The Kier molecular flexibility index (Phi) is 6.24. The summed E-state index contributed by atoms with van der Waals surface area (Å²) < 4.78 is 6.40. The molecular weight excluding hydrogens is 480 g/mol. The Hall–Kier alpha value is -3.74. The van der Waals surface area contributed by atoms with Crippen LogP contribution < -0.4 is 4.74 Å². The largest absolute Gasteiger partial charge is 0.481 e. The molecule has 5 aromatic rings. The van der Waals surface area contributed by atoms with E-state index in [0.717, 1.165) is 54.2 Å². The number of carbonyl (C=O) groups is 1. The molecule has 0 amide bonds. The zero-order chi connectivity index (χ0) is 24.5. The van der Waals surface area contributed by atoms with Gasteiger partial charge in [0.1, 0.15) is 5.01 Å². The molecule has 0 spiro atoms. The van der Waals surface area contributed by atoms with Crippen molar-refractivity contribution < 1.29 is 14.6 Å². The maximum Gasteiger partial charge on any atom is 0.307 e. The van der Waals surface area contributed by atoms with E-state index in [-0.39, 0.29) is 6.42 Å². The Balaban J connectivity index is 1.70. The van der Waals surface area contributed by atoms with E-state index in [4.69, 9.17) is 21.3 Å². The van der Waals surface area contributed by atoms with E-state index < -0.39 is 5.97 Å². The van der Waals surface area contributed by atoms with Crippen LogP contribution in [-0.4, -0.2) is 28.2 Å². The number of hydrogen-bond acceptors (Lipinski definition) is 5. The summed E-state index contributed by atoms with van der Waals surface area (Å²) in [7, 11) is 1.61. The van der Waals surface area contributed by atoms with Gasteiger partial charge in [0.2, 0.25) is 5.88 Å². The van der Waals surface area contributed by atoms with Crippen molar-refractivity contribution >= 4 is 39.1 Å². The molecule has 2 aromatic heterocycles. The predicted molar refractivity (Wildman–Crippen MR) is 141 cm³/mol. The van der Waals surface area contributed by atoms with Gasteiger partial charge in [-0.1, -0.05) is 41.9 Å². The highest BCUT2D eigenvalue weighted by Gasteiger charge is 2.20. The summed E-state index contributed by atoms with van der Waals surface area (Å²) in [6.07, 6.45) is 1.64. The number of hydrogen-bond donors (Lipinski definition) is 1. The summed E-state index contributed by atoms with van der Waals surface area (Å²) in [6.45, 7) is 1.94. The van der Waals surface area contributed by atoms with Crippen molar-refractivity contribution in [2.24, 2.45) is 0 Å². The fraction of sp³-hybridized carbons (Fsp3) is 0.107. The summed E-state index contributed by atoms with van der Waals surface area (Å²) in [5.41, 5.74) is 7.19. The molecule has 0 atom stereocenters. The SMILES string of the molecule is COc1ncccc1-c1cccc(-c2nc3cc(C)c(CC(=O)O)c(-c4ccc(Cl)cc4)c3s2)c1. The van der Waals surface area contributed by atoms with Crippen molar-refractivity contribution in [2.45, 2.75) is 13.3 Å². The number of ether oxygens (including phenoxy) is 1. The lowest BCUT2D eigenvalue weighted by Gasteiger charge is -2.13. The van der Waals surface area contributed by atoms with Crippen molar-refractivity contribution in [3.63, 3.8) is 0 Å². The van der Waals surface area contributed by atoms with E-state index >= 15 is 0 Å². The highest BCUT2D eigenvalue weighted by atomic mass is 35.5. The number of rotatable bonds is 6. The zero-order valence-electron chi connectivity index (χ0n) is 19.1. The van der Waals surface area contributed by atoms with E-state index in [1.54, 1.807) is 24.6 Å². The Morgan fingerprint density at radius 3 is 2.54 bits per heavy atom. The van der Waals surface area contributed by atoms with Gasteiger partial charge in [0.25, 0.3) is 0 Å². The van der Waals surface area contributed by atoms with E-state index in [2.05, 4.69) is 11.1 Å². The maximum atomic E-state index is 11.7. The van der Waals surface area contributed by atoms with E-state index in [0.29, 0.717) is 10.9 Å². The van der Waals surface area contributed by atoms with Crippen LogP contribution in [0.5, 0.6) is 5.88 Å². The quantitative estimate of drug-likeness (QED) is 0.265. The molecule has 0 saturated heterocycles. The van der Waals surface area contributed by atoms with Gasteiger partial charge in [-0.3, -0.25) is 4.79 Å². The van der Waals surface area contributed by atoms with Crippen LogP contribution in [0.3, 0.4) is 0 Å². The average Bonchev–Trinajstić information content (AvgIpc) is 3.28. The summed E-state index contributed by atoms with van der Waals surface area (Å²) >= 11 is 7.68. The summed E-state index contributed by atoms with van der Waals surface area (Å²) in [5.74, 6) is -0.307. The molecule has 5 nitrogen and oxygen atoms in total. The first-order valence-corrected chi connectivity index (χ1v) is 12.1. The van der Waals surface area contributed by atoms with E-state index in [1.807, 2.05) is 67.6 Å². The molecule has 0 aliphatic heterocycles. The highest BCUT2D eigenvalue weighted by Crippen LogP contribution is 2.41. The molecule has 0 aliphatic rings. The molecule has 174 valence electrons. The number of nitrogens with zero attached hydrogens (tertiary/aromatic N) is 2. The van der Waals surface area contributed by atoms with Crippen LogP contribution in [0.1, 0.15) is 11.1 Å². The Morgan fingerprint density at radius 2 is 1.80 bits per heavy atom. The second-order valence-electron chi connectivity index (χ2n) is 8.13. The van der Waals surface area contributed by atoms with Crippen molar-refractivity contribution in [2.75, 3.05) is 7.11 Å². The first-order valence-electron chi connectivity index (χ1n) is 10.9. The lowest BCUT2D eigenvalue weighted by Crippen LogP contribution is -2.04. The highest BCUT2D eigenvalue weighted by molar-refractivity contribution is 7.22. The molecule has 2 heterocycles.